The Labute approximate surface area is 200 Å². The highest BCUT2D eigenvalue weighted by atomic mass is 32.2. The molecule has 0 aliphatic heterocycles. The smallest absolute Gasteiger partial charge is 0.266 e. The second kappa shape index (κ2) is 9.41. The predicted octanol–water partition coefficient (Wildman–Crippen LogP) is 3.38. The van der Waals surface area contributed by atoms with Crippen LogP contribution in [-0.2, 0) is 14.8 Å². The zero-order chi connectivity index (χ0) is 24.5. The molecule has 0 fully saturated rings. The molecule has 1 heterocycles. The third-order valence-electron chi connectivity index (χ3n) is 5.17. The number of aromatic nitrogens is 2. The molecule has 1 aromatic heterocycles. The van der Waals surface area contributed by atoms with Gasteiger partial charge in [-0.25, -0.2) is 18.5 Å². The summed E-state index contributed by atoms with van der Waals surface area (Å²) < 4.78 is 24.6. The van der Waals surface area contributed by atoms with Crippen molar-refractivity contribution in [1.82, 2.24) is 9.55 Å². The number of hydrogen-bond donors (Lipinski definition) is 2. The van der Waals surface area contributed by atoms with Crippen LogP contribution < -0.4 is 16.0 Å². The number of nitrogens with zero attached hydrogens (tertiary/aromatic N) is 2. The van der Waals surface area contributed by atoms with Crippen molar-refractivity contribution in [2.45, 2.75) is 23.9 Å². The second-order valence-corrected chi connectivity index (χ2v) is 10.3. The van der Waals surface area contributed by atoms with Gasteiger partial charge in [-0.2, -0.15) is 0 Å². The number of primary sulfonamides is 1. The molecule has 0 radical (unpaired) electrons. The van der Waals surface area contributed by atoms with Gasteiger partial charge in [0.25, 0.3) is 5.56 Å². The van der Waals surface area contributed by atoms with Crippen molar-refractivity contribution >= 4 is 44.3 Å². The Kier molecular flexibility index (Phi) is 6.56. The molecular weight excluding hydrogens is 472 g/mol. The van der Waals surface area contributed by atoms with Crippen LogP contribution in [0.3, 0.4) is 0 Å². The number of para-hydroxylation sites is 1. The van der Waals surface area contributed by atoms with Crippen LogP contribution in [0.4, 0.5) is 5.69 Å². The third-order valence-corrected chi connectivity index (χ3v) is 7.04. The molecular formula is C24H22N4O4S2. The largest absolute Gasteiger partial charge is 0.325 e. The molecule has 4 rings (SSSR count). The number of carbonyl (C=O) groups excluding carboxylic acids is 1. The summed E-state index contributed by atoms with van der Waals surface area (Å²) in [6.07, 6.45) is 0. The predicted molar refractivity (Wildman–Crippen MR) is 134 cm³/mol. The maximum Gasteiger partial charge on any atom is 0.266 e. The van der Waals surface area contributed by atoms with Gasteiger partial charge >= 0.3 is 0 Å². The van der Waals surface area contributed by atoms with E-state index in [4.69, 9.17) is 5.14 Å². The molecule has 0 saturated heterocycles. The van der Waals surface area contributed by atoms with Crippen molar-refractivity contribution < 1.29 is 13.2 Å². The average Bonchev–Trinajstić information content (AvgIpc) is 2.80. The van der Waals surface area contributed by atoms with E-state index in [1.807, 2.05) is 32.0 Å². The second-order valence-electron chi connectivity index (χ2n) is 7.75. The molecule has 3 N–H and O–H groups in total. The number of rotatable bonds is 6. The maximum absolute atomic E-state index is 13.3. The Balaban J connectivity index is 1.69. The lowest BCUT2D eigenvalue weighted by Gasteiger charge is -2.14. The summed E-state index contributed by atoms with van der Waals surface area (Å²) in [5.41, 5.74) is 3.29. The van der Waals surface area contributed by atoms with Gasteiger partial charge < -0.3 is 5.32 Å². The third kappa shape index (κ3) is 5.04. The van der Waals surface area contributed by atoms with Crippen LogP contribution >= 0.6 is 11.8 Å². The summed E-state index contributed by atoms with van der Waals surface area (Å²) in [4.78, 5) is 30.5. The Morgan fingerprint density at radius 2 is 1.76 bits per heavy atom. The quantitative estimate of drug-likeness (QED) is 0.313. The molecule has 3 aromatic carbocycles. The van der Waals surface area contributed by atoms with Gasteiger partial charge in [0.05, 0.1) is 27.2 Å². The van der Waals surface area contributed by atoms with E-state index in [0.717, 1.165) is 28.6 Å². The van der Waals surface area contributed by atoms with Crippen molar-refractivity contribution in [3.63, 3.8) is 0 Å². The number of benzene rings is 3. The lowest BCUT2D eigenvalue weighted by Crippen LogP contribution is -2.23. The molecule has 0 aliphatic carbocycles. The van der Waals surface area contributed by atoms with Gasteiger partial charge in [0.15, 0.2) is 5.16 Å². The SMILES string of the molecule is Cc1ccc(C)c(NC(=O)CSc2nc3ccccc3c(=O)n2-c2ccc(S(N)(=O)=O)cc2)c1. The normalized spacial score (nSPS) is 11.5. The highest BCUT2D eigenvalue weighted by Gasteiger charge is 2.16. The fourth-order valence-corrected chi connectivity index (χ4v) is 4.74. The van der Waals surface area contributed by atoms with Gasteiger partial charge in [-0.05, 0) is 67.4 Å². The molecule has 0 bridgehead atoms. The van der Waals surface area contributed by atoms with Crippen molar-refractivity contribution in [3.05, 3.63) is 88.2 Å². The summed E-state index contributed by atoms with van der Waals surface area (Å²) >= 11 is 1.11. The van der Waals surface area contributed by atoms with Gasteiger partial charge in [0, 0.05) is 5.69 Å². The monoisotopic (exact) mass is 494 g/mol. The van der Waals surface area contributed by atoms with Crippen LogP contribution in [0.15, 0.2) is 81.6 Å². The summed E-state index contributed by atoms with van der Waals surface area (Å²) in [7, 11) is -3.88. The zero-order valence-corrected chi connectivity index (χ0v) is 20.1. The van der Waals surface area contributed by atoms with E-state index in [0.29, 0.717) is 21.7 Å². The number of amides is 1. The molecule has 10 heteroatoms. The first kappa shape index (κ1) is 23.7. The summed E-state index contributed by atoms with van der Waals surface area (Å²) in [6.45, 7) is 3.86. The molecule has 1 amide bonds. The van der Waals surface area contributed by atoms with E-state index in [1.165, 1.54) is 28.8 Å². The number of nitrogens with one attached hydrogen (secondary N) is 1. The number of fused-ring (bicyclic) bond motifs is 1. The highest BCUT2D eigenvalue weighted by molar-refractivity contribution is 7.99. The van der Waals surface area contributed by atoms with Crippen LogP contribution in [0, 0.1) is 13.8 Å². The minimum absolute atomic E-state index is 0.0213. The van der Waals surface area contributed by atoms with Crippen LogP contribution in [0.2, 0.25) is 0 Å². The fraction of sp³-hybridized carbons (Fsp3) is 0.125. The fourth-order valence-electron chi connectivity index (χ4n) is 3.41. The average molecular weight is 495 g/mol. The van der Waals surface area contributed by atoms with Gasteiger partial charge in [-0.3, -0.25) is 14.2 Å². The van der Waals surface area contributed by atoms with Crippen molar-refractivity contribution in [1.29, 1.82) is 0 Å². The zero-order valence-electron chi connectivity index (χ0n) is 18.5. The number of nitrogens with two attached hydrogens (primary N) is 1. The molecule has 0 spiro atoms. The topological polar surface area (TPSA) is 124 Å². The van der Waals surface area contributed by atoms with Gasteiger partial charge in [-0.1, -0.05) is 36.0 Å². The van der Waals surface area contributed by atoms with Gasteiger partial charge in [-0.15, -0.1) is 0 Å². The summed E-state index contributed by atoms with van der Waals surface area (Å²) in [5.74, 6) is -0.217. The minimum atomic E-state index is -3.88. The molecule has 0 unspecified atom stereocenters. The first-order valence-electron chi connectivity index (χ1n) is 10.3. The Morgan fingerprint density at radius 3 is 2.47 bits per heavy atom. The Bertz CT molecular complexity index is 1560. The minimum Gasteiger partial charge on any atom is -0.325 e. The lowest BCUT2D eigenvalue weighted by atomic mass is 10.1. The standard InChI is InChI=1S/C24H22N4O4S2/c1-15-7-8-16(2)21(13-15)26-22(29)14-33-24-27-20-6-4-3-5-19(20)23(30)28(24)17-9-11-18(12-10-17)34(25,31)32/h3-13H,14H2,1-2H3,(H,26,29)(H2,25,31,32). The molecule has 174 valence electrons. The Morgan fingerprint density at radius 1 is 1.06 bits per heavy atom. The first-order valence-corrected chi connectivity index (χ1v) is 12.8. The summed E-state index contributed by atoms with van der Waals surface area (Å²) in [6, 6.07) is 18.3. The molecule has 8 nitrogen and oxygen atoms in total. The Hall–Kier alpha value is -3.47. The van der Waals surface area contributed by atoms with Crippen LogP contribution in [0.1, 0.15) is 11.1 Å². The molecule has 0 saturated carbocycles. The molecule has 0 atom stereocenters. The number of sulfonamides is 1. The van der Waals surface area contributed by atoms with E-state index in [-0.39, 0.29) is 22.1 Å². The molecule has 4 aromatic rings. The van der Waals surface area contributed by atoms with Crippen molar-refractivity contribution in [2.75, 3.05) is 11.1 Å². The van der Waals surface area contributed by atoms with Crippen LogP contribution in [-0.4, -0.2) is 29.6 Å². The number of aryl methyl sites for hydroxylation is 2. The number of anilines is 1. The molecule has 0 aliphatic rings. The number of thioether (sulfide) groups is 1. The number of carbonyl (C=O) groups is 1. The number of hydrogen-bond acceptors (Lipinski definition) is 6. The van der Waals surface area contributed by atoms with Gasteiger partial charge in [0.1, 0.15) is 0 Å². The van der Waals surface area contributed by atoms with Gasteiger partial charge in [0.2, 0.25) is 15.9 Å². The van der Waals surface area contributed by atoms with Crippen LogP contribution in [0.5, 0.6) is 0 Å². The van der Waals surface area contributed by atoms with Crippen LogP contribution in [0.25, 0.3) is 16.6 Å². The van der Waals surface area contributed by atoms with Crippen molar-refractivity contribution in [3.8, 4) is 5.69 Å². The summed E-state index contributed by atoms with van der Waals surface area (Å²) in [5, 5.41) is 8.80. The highest BCUT2D eigenvalue weighted by Crippen LogP contribution is 2.23. The molecule has 34 heavy (non-hydrogen) atoms. The van der Waals surface area contributed by atoms with E-state index < -0.39 is 10.0 Å². The lowest BCUT2D eigenvalue weighted by molar-refractivity contribution is -0.113. The van der Waals surface area contributed by atoms with Crippen molar-refractivity contribution in [2.24, 2.45) is 5.14 Å². The first-order chi connectivity index (χ1) is 16.1. The maximum atomic E-state index is 13.3. The van der Waals surface area contributed by atoms with E-state index in [2.05, 4.69) is 10.3 Å². The van der Waals surface area contributed by atoms with E-state index >= 15 is 0 Å². The van der Waals surface area contributed by atoms with E-state index in [9.17, 15) is 18.0 Å². The van der Waals surface area contributed by atoms with E-state index in [1.54, 1.807) is 24.3 Å².